The number of piperidine rings is 1. The van der Waals surface area contributed by atoms with E-state index in [0.29, 0.717) is 31.1 Å². The Morgan fingerprint density at radius 2 is 1.90 bits per heavy atom. The normalized spacial score (nSPS) is 22.4. The van der Waals surface area contributed by atoms with Gasteiger partial charge >= 0.3 is 0 Å². The molecule has 2 aliphatic rings. The fraction of sp³-hybridized carbons (Fsp3) is 0.500. The lowest BCUT2D eigenvalue weighted by Gasteiger charge is -2.39. The minimum Gasteiger partial charge on any atom is -0.469 e. The number of hydrogen-bond acceptors (Lipinski definition) is 5. The van der Waals surface area contributed by atoms with Crippen molar-refractivity contribution in [2.45, 2.75) is 50.1 Å². The van der Waals surface area contributed by atoms with Crippen LogP contribution in [0.15, 0.2) is 52.0 Å². The third-order valence-electron chi connectivity index (χ3n) is 6.24. The van der Waals surface area contributed by atoms with E-state index < -0.39 is 10.0 Å². The number of fused-ring (bicyclic) bond motifs is 1. The summed E-state index contributed by atoms with van der Waals surface area (Å²) in [5.74, 6) is 1.48. The van der Waals surface area contributed by atoms with Crippen molar-refractivity contribution in [3.63, 3.8) is 0 Å². The van der Waals surface area contributed by atoms with Gasteiger partial charge in [-0.15, -0.1) is 0 Å². The van der Waals surface area contributed by atoms with Gasteiger partial charge in [0.25, 0.3) is 0 Å². The van der Waals surface area contributed by atoms with Crippen LogP contribution in [0, 0.1) is 11.8 Å². The minimum atomic E-state index is -3.52. The molecule has 1 saturated heterocycles. The van der Waals surface area contributed by atoms with Gasteiger partial charge in [0.15, 0.2) is 0 Å². The Labute approximate surface area is 177 Å². The molecule has 162 valence electrons. The van der Waals surface area contributed by atoms with Gasteiger partial charge in [-0.05, 0) is 48.9 Å². The Morgan fingerprint density at radius 3 is 2.57 bits per heavy atom. The van der Waals surface area contributed by atoms with Gasteiger partial charge in [-0.1, -0.05) is 26.0 Å². The van der Waals surface area contributed by atoms with Crippen LogP contribution < -0.4 is 10.0 Å². The van der Waals surface area contributed by atoms with Crippen LogP contribution in [0.3, 0.4) is 0 Å². The number of furan rings is 1. The second-order valence-electron chi connectivity index (χ2n) is 8.53. The number of anilines is 1. The fourth-order valence-corrected chi connectivity index (χ4v) is 5.82. The van der Waals surface area contributed by atoms with E-state index in [0.717, 1.165) is 18.6 Å². The van der Waals surface area contributed by atoms with Crippen molar-refractivity contribution in [1.82, 2.24) is 9.62 Å². The molecule has 2 aliphatic heterocycles. The molecule has 0 aliphatic carbocycles. The number of benzene rings is 1. The van der Waals surface area contributed by atoms with Crippen LogP contribution >= 0.6 is 0 Å². The fourth-order valence-electron chi connectivity index (χ4n) is 4.43. The summed E-state index contributed by atoms with van der Waals surface area (Å²) in [6.45, 7) is 5.47. The first-order valence-electron chi connectivity index (χ1n) is 10.5. The highest BCUT2D eigenvalue weighted by Crippen LogP contribution is 2.32. The second kappa shape index (κ2) is 8.43. The lowest BCUT2D eigenvalue weighted by molar-refractivity contribution is -0.133. The molecule has 2 atom stereocenters. The number of carbonyl (C=O) groups is 1. The monoisotopic (exact) mass is 431 g/mol. The molecular weight excluding hydrogens is 402 g/mol. The van der Waals surface area contributed by atoms with E-state index in [-0.39, 0.29) is 28.8 Å². The van der Waals surface area contributed by atoms with Gasteiger partial charge in [-0.2, -0.15) is 4.72 Å². The van der Waals surface area contributed by atoms with Crippen molar-refractivity contribution < 1.29 is 17.6 Å². The first-order valence-corrected chi connectivity index (χ1v) is 12.0. The molecule has 30 heavy (non-hydrogen) atoms. The molecular formula is C22H29N3O4S. The van der Waals surface area contributed by atoms with Crippen LogP contribution in [0.1, 0.15) is 44.8 Å². The van der Waals surface area contributed by atoms with Gasteiger partial charge in [0.05, 0.1) is 18.1 Å². The molecule has 3 heterocycles. The predicted molar refractivity (Wildman–Crippen MR) is 114 cm³/mol. The van der Waals surface area contributed by atoms with Crippen molar-refractivity contribution in [3.8, 4) is 0 Å². The molecule has 7 nitrogen and oxygen atoms in total. The predicted octanol–water partition coefficient (Wildman–Crippen LogP) is 3.38. The average molecular weight is 432 g/mol. The van der Waals surface area contributed by atoms with Crippen LogP contribution in [0.5, 0.6) is 0 Å². The second-order valence-corrected chi connectivity index (χ2v) is 10.2. The van der Waals surface area contributed by atoms with E-state index in [4.69, 9.17) is 4.42 Å². The first kappa shape index (κ1) is 20.9. The largest absolute Gasteiger partial charge is 0.469 e. The summed E-state index contributed by atoms with van der Waals surface area (Å²) in [4.78, 5) is 15.1. The van der Waals surface area contributed by atoms with Crippen molar-refractivity contribution in [2.24, 2.45) is 11.8 Å². The number of nitrogens with one attached hydrogen (secondary N) is 2. The molecule has 0 bridgehead atoms. The van der Waals surface area contributed by atoms with Gasteiger partial charge in [-0.25, -0.2) is 8.42 Å². The van der Waals surface area contributed by atoms with Crippen LogP contribution in [0.25, 0.3) is 0 Å². The average Bonchev–Trinajstić information content (AvgIpc) is 3.25. The Morgan fingerprint density at radius 1 is 1.17 bits per heavy atom. The van der Waals surface area contributed by atoms with Crippen LogP contribution in [0.4, 0.5) is 5.69 Å². The standard InChI is InChI=1S/C22H29N3O4S/c1-15(2)17(19-7-5-13-29-19)14-21(26)25-11-9-16(10-12-25)22-23-18-6-3-4-8-20(18)30(27,28)24-22/h3-8,13,15-17,22-24H,9-12,14H2,1-2H3/t17-,22+/m1/s1. The summed E-state index contributed by atoms with van der Waals surface area (Å²) in [7, 11) is -3.52. The van der Waals surface area contributed by atoms with Crippen LogP contribution in [-0.4, -0.2) is 38.5 Å². The lowest BCUT2D eigenvalue weighted by atomic mass is 9.88. The third-order valence-corrected chi connectivity index (χ3v) is 7.74. The number of carbonyl (C=O) groups excluding carboxylic acids is 1. The summed E-state index contributed by atoms with van der Waals surface area (Å²) in [5.41, 5.74) is 0.637. The Kier molecular flexibility index (Phi) is 5.88. The molecule has 0 unspecified atom stereocenters. The number of likely N-dealkylation sites (tertiary alicyclic amines) is 1. The molecule has 1 amide bonds. The van der Waals surface area contributed by atoms with Crippen molar-refractivity contribution in [1.29, 1.82) is 0 Å². The first-order chi connectivity index (χ1) is 14.3. The number of hydrogen-bond donors (Lipinski definition) is 2. The van der Waals surface area contributed by atoms with Gasteiger partial charge in [0.1, 0.15) is 10.7 Å². The summed E-state index contributed by atoms with van der Waals surface area (Å²) < 4.78 is 33.5. The smallest absolute Gasteiger partial charge is 0.244 e. The minimum absolute atomic E-state index is 0.0635. The molecule has 4 rings (SSSR count). The summed E-state index contributed by atoms with van der Waals surface area (Å²) >= 11 is 0. The number of sulfonamides is 1. The maximum absolute atomic E-state index is 12.9. The van der Waals surface area contributed by atoms with Gasteiger partial charge in [0, 0.05) is 25.4 Å². The van der Waals surface area contributed by atoms with E-state index in [1.165, 1.54) is 0 Å². The molecule has 0 spiro atoms. The highest BCUT2D eigenvalue weighted by Gasteiger charge is 2.36. The number of para-hydroxylation sites is 1. The zero-order valence-corrected chi connectivity index (χ0v) is 18.2. The zero-order chi connectivity index (χ0) is 21.3. The molecule has 8 heteroatoms. The van der Waals surface area contributed by atoms with Crippen molar-refractivity contribution in [3.05, 3.63) is 48.4 Å². The Hall–Kier alpha value is -2.32. The Bertz CT molecular complexity index is 980. The SMILES string of the molecule is CC(C)[C@@H](CC(=O)N1CCC([C@H]2Nc3ccccc3S(=O)(=O)N2)CC1)c1ccco1. The van der Waals surface area contributed by atoms with Crippen LogP contribution in [0.2, 0.25) is 0 Å². The molecule has 0 saturated carbocycles. The molecule has 0 radical (unpaired) electrons. The van der Waals surface area contributed by atoms with Gasteiger partial charge < -0.3 is 14.6 Å². The quantitative estimate of drug-likeness (QED) is 0.757. The molecule has 2 aromatic rings. The maximum atomic E-state index is 12.9. The molecule has 1 fully saturated rings. The summed E-state index contributed by atoms with van der Waals surface area (Å²) in [6.07, 6.45) is 3.23. The summed E-state index contributed by atoms with van der Waals surface area (Å²) in [5, 5.41) is 3.33. The highest BCUT2D eigenvalue weighted by molar-refractivity contribution is 7.89. The molecule has 1 aromatic heterocycles. The topological polar surface area (TPSA) is 91.7 Å². The van der Waals surface area contributed by atoms with Crippen LogP contribution in [-0.2, 0) is 14.8 Å². The third kappa shape index (κ3) is 4.25. The number of amides is 1. The maximum Gasteiger partial charge on any atom is 0.244 e. The van der Waals surface area contributed by atoms with Gasteiger partial charge in [0.2, 0.25) is 15.9 Å². The number of nitrogens with zero attached hydrogens (tertiary/aromatic N) is 1. The highest BCUT2D eigenvalue weighted by atomic mass is 32.2. The number of rotatable bonds is 5. The van der Waals surface area contributed by atoms with Crippen molar-refractivity contribution in [2.75, 3.05) is 18.4 Å². The lowest BCUT2D eigenvalue weighted by Crippen LogP contribution is -2.52. The van der Waals surface area contributed by atoms with E-state index in [9.17, 15) is 13.2 Å². The molecule has 2 N–H and O–H groups in total. The molecule has 1 aromatic carbocycles. The van der Waals surface area contributed by atoms with E-state index in [1.54, 1.807) is 24.5 Å². The van der Waals surface area contributed by atoms with E-state index >= 15 is 0 Å². The zero-order valence-electron chi connectivity index (χ0n) is 17.4. The van der Waals surface area contributed by atoms with Crippen molar-refractivity contribution >= 4 is 21.6 Å². The van der Waals surface area contributed by atoms with E-state index in [2.05, 4.69) is 23.9 Å². The van der Waals surface area contributed by atoms with E-state index in [1.807, 2.05) is 23.1 Å². The van der Waals surface area contributed by atoms with Gasteiger partial charge in [-0.3, -0.25) is 4.79 Å². The summed E-state index contributed by atoms with van der Waals surface area (Å²) in [6, 6.07) is 10.7. The Balaban J connectivity index is 1.37.